The van der Waals surface area contributed by atoms with Crippen LogP contribution in [0.4, 0.5) is 0 Å². The summed E-state index contributed by atoms with van der Waals surface area (Å²) in [7, 11) is -2.31. The zero-order chi connectivity index (χ0) is 15.3. The summed E-state index contributed by atoms with van der Waals surface area (Å²) in [5.41, 5.74) is 0.191. The molecule has 0 saturated heterocycles. The SMILES string of the molecule is CCC(COC)NS(=O)(=O)c1ccc(Cl)c(CO)c1Cl. The van der Waals surface area contributed by atoms with Gasteiger partial charge in [-0.1, -0.05) is 30.1 Å². The number of rotatable bonds is 7. The normalized spacial score (nSPS) is 13.4. The Labute approximate surface area is 128 Å². The van der Waals surface area contributed by atoms with Crippen molar-refractivity contribution < 1.29 is 18.3 Å². The van der Waals surface area contributed by atoms with Crippen molar-refractivity contribution in [3.05, 3.63) is 27.7 Å². The molecule has 114 valence electrons. The number of methoxy groups -OCH3 is 1. The van der Waals surface area contributed by atoms with Gasteiger partial charge in [-0.25, -0.2) is 13.1 Å². The van der Waals surface area contributed by atoms with Gasteiger partial charge in [-0.3, -0.25) is 0 Å². The van der Waals surface area contributed by atoms with E-state index in [1.807, 2.05) is 6.92 Å². The summed E-state index contributed by atoms with van der Waals surface area (Å²) in [5.74, 6) is 0. The highest BCUT2D eigenvalue weighted by molar-refractivity contribution is 7.89. The molecule has 5 nitrogen and oxygen atoms in total. The largest absolute Gasteiger partial charge is 0.392 e. The molecular weight excluding hydrogens is 325 g/mol. The van der Waals surface area contributed by atoms with Crippen LogP contribution in [0.2, 0.25) is 10.0 Å². The van der Waals surface area contributed by atoms with Crippen LogP contribution in [0.15, 0.2) is 17.0 Å². The molecule has 0 heterocycles. The molecule has 1 atom stereocenters. The molecular formula is C12H17Cl2NO4S. The highest BCUT2D eigenvalue weighted by Crippen LogP contribution is 2.31. The molecule has 2 N–H and O–H groups in total. The highest BCUT2D eigenvalue weighted by atomic mass is 35.5. The third-order valence-electron chi connectivity index (χ3n) is 2.78. The molecule has 0 aromatic heterocycles. The Bertz CT molecular complexity index is 563. The van der Waals surface area contributed by atoms with Gasteiger partial charge in [-0.05, 0) is 18.6 Å². The average Bonchev–Trinajstić information content (AvgIpc) is 2.38. The molecule has 1 aromatic rings. The Morgan fingerprint density at radius 1 is 1.40 bits per heavy atom. The van der Waals surface area contributed by atoms with Crippen molar-refractivity contribution in [3.63, 3.8) is 0 Å². The molecule has 1 aromatic carbocycles. The van der Waals surface area contributed by atoms with E-state index < -0.39 is 16.6 Å². The Hall–Kier alpha value is -0.370. The molecule has 1 unspecified atom stereocenters. The van der Waals surface area contributed by atoms with Crippen LogP contribution >= 0.6 is 23.2 Å². The first-order valence-corrected chi connectivity index (χ1v) is 8.20. The summed E-state index contributed by atoms with van der Waals surface area (Å²) in [6.07, 6.45) is 0.575. The molecule has 0 aliphatic carbocycles. The lowest BCUT2D eigenvalue weighted by atomic mass is 10.2. The van der Waals surface area contributed by atoms with E-state index in [2.05, 4.69) is 4.72 Å². The van der Waals surface area contributed by atoms with Crippen LogP contribution in [-0.2, 0) is 21.4 Å². The van der Waals surface area contributed by atoms with Gasteiger partial charge in [0.25, 0.3) is 0 Å². The van der Waals surface area contributed by atoms with Crippen molar-refractivity contribution in [1.29, 1.82) is 0 Å². The lowest BCUT2D eigenvalue weighted by Crippen LogP contribution is -2.37. The molecule has 0 fully saturated rings. The maximum atomic E-state index is 12.3. The van der Waals surface area contributed by atoms with E-state index in [4.69, 9.17) is 27.9 Å². The second-order valence-electron chi connectivity index (χ2n) is 4.18. The molecule has 8 heteroatoms. The quantitative estimate of drug-likeness (QED) is 0.796. The maximum absolute atomic E-state index is 12.3. The topological polar surface area (TPSA) is 75.6 Å². The summed E-state index contributed by atoms with van der Waals surface area (Å²) >= 11 is 11.9. The molecule has 0 aliphatic heterocycles. The standard InChI is InChI=1S/C12H17Cl2NO4S/c1-3-8(7-19-2)15-20(17,18)11-5-4-10(13)9(6-16)12(11)14/h4-5,8,15-16H,3,6-7H2,1-2H3. The van der Waals surface area contributed by atoms with Crippen molar-refractivity contribution in [3.8, 4) is 0 Å². The number of nitrogens with one attached hydrogen (secondary N) is 1. The van der Waals surface area contributed by atoms with Crippen LogP contribution in [-0.4, -0.2) is 33.3 Å². The van der Waals surface area contributed by atoms with Crippen molar-refractivity contribution in [2.75, 3.05) is 13.7 Å². The molecule has 0 bridgehead atoms. The van der Waals surface area contributed by atoms with Crippen LogP contribution in [0.5, 0.6) is 0 Å². The van der Waals surface area contributed by atoms with Gasteiger partial charge in [0.1, 0.15) is 4.90 Å². The summed E-state index contributed by atoms with van der Waals surface area (Å²) in [6.45, 7) is 1.67. The number of benzene rings is 1. The minimum atomic E-state index is -3.81. The zero-order valence-corrected chi connectivity index (χ0v) is 13.5. The maximum Gasteiger partial charge on any atom is 0.242 e. The minimum Gasteiger partial charge on any atom is -0.392 e. The van der Waals surface area contributed by atoms with E-state index in [0.29, 0.717) is 6.42 Å². The molecule has 20 heavy (non-hydrogen) atoms. The van der Waals surface area contributed by atoms with Gasteiger partial charge in [0, 0.05) is 23.7 Å². The van der Waals surface area contributed by atoms with Gasteiger partial charge in [0.05, 0.1) is 18.2 Å². The summed E-state index contributed by atoms with van der Waals surface area (Å²) < 4.78 is 32.1. The predicted octanol–water partition coefficient (Wildman–Crippen LogP) is 2.19. The van der Waals surface area contributed by atoms with Crippen molar-refractivity contribution in [2.24, 2.45) is 0 Å². The fraction of sp³-hybridized carbons (Fsp3) is 0.500. The third kappa shape index (κ3) is 4.07. The fourth-order valence-electron chi connectivity index (χ4n) is 1.65. The third-order valence-corrected chi connectivity index (χ3v) is 5.24. The number of sulfonamides is 1. The highest BCUT2D eigenvalue weighted by Gasteiger charge is 2.24. The van der Waals surface area contributed by atoms with Gasteiger partial charge >= 0.3 is 0 Å². The second kappa shape index (κ2) is 7.59. The van der Waals surface area contributed by atoms with Gasteiger partial charge in [0.15, 0.2) is 0 Å². The summed E-state index contributed by atoms with van der Waals surface area (Å²) in [5, 5.41) is 9.35. The van der Waals surface area contributed by atoms with Crippen molar-refractivity contribution in [2.45, 2.75) is 30.9 Å². The summed E-state index contributed by atoms with van der Waals surface area (Å²) in [4.78, 5) is -0.109. The van der Waals surface area contributed by atoms with Gasteiger partial charge < -0.3 is 9.84 Å². The fourth-order valence-corrected chi connectivity index (χ4v) is 3.85. The Kier molecular flexibility index (Phi) is 6.71. The molecule has 0 amide bonds. The summed E-state index contributed by atoms with van der Waals surface area (Å²) in [6, 6.07) is 2.35. The molecule has 0 spiro atoms. The van der Waals surface area contributed by atoms with Crippen LogP contribution in [0.3, 0.4) is 0 Å². The van der Waals surface area contributed by atoms with Crippen molar-refractivity contribution in [1.82, 2.24) is 4.72 Å². The van der Waals surface area contributed by atoms with Crippen LogP contribution in [0.25, 0.3) is 0 Å². The van der Waals surface area contributed by atoms with Gasteiger partial charge in [-0.15, -0.1) is 0 Å². The Balaban J connectivity index is 3.16. The molecule has 1 rings (SSSR count). The van der Waals surface area contributed by atoms with E-state index in [-0.39, 0.29) is 33.2 Å². The Morgan fingerprint density at radius 2 is 2.05 bits per heavy atom. The molecule has 0 aliphatic rings. The molecule has 0 saturated carbocycles. The first-order chi connectivity index (χ1) is 9.37. The Morgan fingerprint density at radius 3 is 2.55 bits per heavy atom. The molecule has 0 radical (unpaired) electrons. The number of hydrogen-bond donors (Lipinski definition) is 2. The monoisotopic (exact) mass is 341 g/mol. The first kappa shape index (κ1) is 17.7. The van der Waals surface area contributed by atoms with E-state index in [0.717, 1.165) is 0 Å². The second-order valence-corrected chi connectivity index (χ2v) is 6.65. The lowest BCUT2D eigenvalue weighted by Gasteiger charge is -2.17. The van der Waals surface area contributed by atoms with Crippen molar-refractivity contribution >= 4 is 33.2 Å². The van der Waals surface area contributed by atoms with E-state index in [9.17, 15) is 13.5 Å². The minimum absolute atomic E-state index is 0.0697. The van der Waals surface area contributed by atoms with Crippen LogP contribution in [0, 0.1) is 0 Å². The zero-order valence-electron chi connectivity index (χ0n) is 11.2. The predicted molar refractivity (Wildman–Crippen MR) is 78.7 cm³/mol. The lowest BCUT2D eigenvalue weighted by molar-refractivity contribution is 0.173. The van der Waals surface area contributed by atoms with E-state index in [1.165, 1.54) is 19.2 Å². The van der Waals surface area contributed by atoms with Gasteiger partial charge in [-0.2, -0.15) is 0 Å². The van der Waals surface area contributed by atoms with Gasteiger partial charge in [0.2, 0.25) is 10.0 Å². The number of aliphatic hydroxyl groups is 1. The first-order valence-electron chi connectivity index (χ1n) is 5.96. The average molecular weight is 342 g/mol. The number of ether oxygens (including phenoxy) is 1. The number of halogens is 2. The smallest absolute Gasteiger partial charge is 0.242 e. The van der Waals surface area contributed by atoms with Crippen LogP contribution < -0.4 is 4.72 Å². The van der Waals surface area contributed by atoms with Crippen LogP contribution in [0.1, 0.15) is 18.9 Å². The number of aliphatic hydroxyl groups excluding tert-OH is 1. The van der Waals surface area contributed by atoms with E-state index in [1.54, 1.807) is 0 Å². The number of hydrogen-bond acceptors (Lipinski definition) is 4. The van der Waals surface area contributed by atoms with E-state index >= 15 is 0 Å².